The van der Waals surface area contributed by atoms with Crippen LogP contribution in [0.15, 0.2) is 42.5 Å². The Balaban J connectivity index is 1.94. The molecule has 2 rings (SSSR count). The molecule has 1 unspecified atom stereocenters. The SMILES string of the molecule is COc1ccc(C(C)CNC[C@H](O)c2cccc(C(F)(F)F)c2)cc1OC. The summed E-state index contributed by atoms with van der Waals surface area (Å²) in [5, 5.41) is 13.3. The number of aliphatic hydroxyl groups excluding tert-OH is 1. The van der Waals surface area contributed by atoms with E-state index in [0.29, 0.717) is 18.0 Å². The lowest BCUT2D eigenvalue weighted by molar-refractivity contribution is -0.137. The Kier molecular flexibility index (Phi) is 7.10. The summed E-state index contributed by atoms with van der Waals surface area (Å²) >= 11 is 0. The number of nitrogens with one attached hydrogen (secondary N) is 1. The summed E-state index contributed by atoms with van der Waals surface area (Å²) in [7, 11) is 3.13. The molecule has 2 aromatic carbocycles. The first kappa shape index (κ1) is 21.1. The van der Waals surface area contributed by atoms with E-state index in [0.717, 1.165) is 17.7 Å². The molecule has 0 saturated carbocycles. The molecule has 7 heteroatoms. The van der Waals surface area contributed by atoms with E-state index in [1.807, 2.05) is 25.1 Å². The lowest BCUT2D eigenvalue weighted by Gasteiger charge is -2.18. The van der Waals surface area contributed by atoms with Crippen LogP contribution < -0.4 is 14.8 Å². The average Bonchev–Trinajstić information content (AvgIpc) is 2.66. The number of alkyl halides is 3. The number of hydrogen-bond acceptors (Lipinski definition) is 4. The molecule has 2 atom stereocenters. The number of aliphatic hydroxyl groups is 1. The molecule has 0 aliphatic heterocycles. The fourth-order valence-corrected chi connectivity index (χ4v) is 2.75. The van der Waals surface area contributed by atoms with Gasteiger partial charge in [0.15, 0.2) is 11.5 Å². The normalized spacial score (nSPS) is 13.9. The van der Waals surface area contributed by atoms with E-state index in [-0.39, 0.29) is 18.0 Å². The molecule has 0 fully saturated rings. The van der Waals surface area contributed by atoms with Gasteiger partial charge in [-0.1, -0.05) is 25.1 Å². The van der Waals surface area contributed by atoms with Gasteiger partial charge in [-0.2, -0.15) is 13.2 Å². The van der Waals surface area contributed by atoms with Crippen LogP contribution in [0.5, 0.6) is 11.5 Å². The van der Waals surface area contributed by atoms with Crippen LogP contribution in [0.4, 0.5) is 13.2 Å². The van der Waals surface area contributed by atoms with Gasteiger partial charge < -0.3 is 19.9 Å². The second-order valence-corrected chi connectivity index (χ2v) is 6.31. The van der Waals surface area contributed by atoms with Crippen LogP contribution in [0.1, 0.15) is 35.6 Å². The van der Waals surface area contributed by atoms with Crippen LogP contribution in [0.3, 0.4) is 0 Å². The third-order valence-corrected chi connectivity index (χ3v) is 4.36. The molecule has 0 amide bonds. The minimum Gasteiger partial charge on any atom is -0.493 e. The van der Waals surface area contributed by atoms with Crippen molar-refractivity contribution in [3.8, 4) is 11.5 Å². The highest BCUT2D eigenvalue weighted by Gasteiger charge is 2.30. The fraction of sp³-hybridized carbons (Fsp3) is 0.400. The molecule has 2 N–H and O–H groups in total. The van der Waals surface area contributed by atoms with E-state index < -0.39 is 17.8 Å². The number of ether oxygens (including phenoxy) is 2. The summed E-state index contributed by atoms with van der Waals surface area (Å²) in [6, 6.07) is 10.4. The van der Waals surface area contributed by atoms with Crippen molar-refractivity contribution in [3.63, 3.8) is 0 Å². The summed E-state index contributed by atoms with van der Waals surface area (Å²) in [6.45, 7) is 2.70. The Hall–Kier alpha value is -2.25. The molecule has 0 saturated heterocycles. The van der Waals surface area contributed by atoms with Crippen molar-refractivity contribution in [3.05, 3.63) is 59.2 Å². The van der Waals surface area contributed by atoms with E-state index in [1.165, 1.54) is 12.1 Å². The van der Waals surface area contributed by atoms with Crippen molar-refractivity contribution in [2.24, 2.45) is 0 Å². The van der Waals surface area contributed by atoms with Crippen molar-refractivity contribution in [1.82, 2.24) is 5.32 Å². The molecule has 148 valence electrons. The summed E-state index contributed by atoms with van der Waals surface area (Å²) in [5.41, 5.74) is 0.488. The second-order valence-electron chi connectivity index (χ2n) is 6.31. The number of methoxy groups -OCH3 is 2. The fourth-order valence-electron chi connectivity index (χ4n) is 2.75. The van der Waals surface area contributed by atoms with Gasteiger partial charge >= 0.3 is 6.18 Å². The lowest BCUT2D eigenvalue weighted by Crippen LogP contribution is -2.25. The van der Waals surface area contributed by atoms with Crippen LogP contribution in [0.25, 0.3) is 0 Å². The first-order valence-electron chi connectivity index (χ1n) is 8.54. The van der Waals surface area contributed by atoms with Crippen molar-refractivity contribution in [2.45, 2.75) is 25.1 Å². The van der Waals surface area contributed by atoms with Crippen LogP contribution in [-0.4, -0.2) is 32.4 Å². The summed E-state index contributed by atoms with van der Waals surface area (Å²) in [5.74, 6) is 1.38. The lowest BCUT2D eigenvalue weighted by atomic mass is 10.00. The van der Waals surface area contributed by atoms with E-state index in [1.54, 1.807) is 14.2 Å². The minimum atomic E-state index is -4.43. The van der Waals surface area contributed by atoms with E-state index >= 15 is 0 Å². The Morgan fingerprint density at radius 3 is 2.30 bits per heavy atom. The first-order valence-corrected chi connectivity index (χ1v) is 8.54. The van der Waals surface area contributed by atoms with Gasteiger partial charge in [-0.05, 0) is 41.3 Å². The van der Waals surface area contributed by atoms with Gasteiger partial charge in [-0.25, -0.2) is 0 Å². The third kappa shape index (κ3) is 5.61. The summed E-state index contributed by atoms with van der Waals surface area (Å²) in [6.07, 6.45) is -5.45. The van der Waals surface area contributed by atoms with Gasteiger partial charge in [-0.15, -0.1) is 0 Å². The maximum Gasteiger partial charge on any atom is 0.416 e. The molecule has 0 aliphatic rings. The Morgan fingerprint density at radius 1 is 0.963 bits per heavy atom. The molecule has 0 heterocycles. The Morgan fingerprint density at radius 2 is 1.67 bits per heavy atom. The van der Waals surface area contributed by atoms with Gasteiger partial charge in [0.2, 0.25) is 0 Å². The number of hydrogen-bond donors (Lipinski definition) is 2. The maximum absolute atomic E-state index is 12.8. The minimum absolute atomic E-state index is 0.110. The van der Waals surface area contributed by atoms with E-state index in [4.69, 9.17) is 9.47 Å². The van der Waals surface area contributed by atoms with E-state index in [9.17, 15) is 18.3 Å². The topological polar surface area (TPSA) is 50.7 Å². The first-order chi connectivity index (χ1) is 12.8. The molecule has 0 aliphatic carbocycles. The number of benzene rings is 2. The van der Waals surface area contributed by atoms with Crippen molar-refractivity contribution in [2.75, 3.05) is 27.3 Å². The van der Waals surface area contributed by atoms with Gasteiger partial charge in [-0.3, -0.25) is 0 Å². The zero-order valence-electron chi connectivity index (χ0n) is 15.5. The van der Waals surface area contributed by atoms with Gasteiger partial charge in [0, 0.05) is 13.1 Å². The van der Waals surface area contributed by atoms with Crippen LogP contribution in [-0.2, 0) is 6.18 Å². The quantitative estimate of drug-likeness (QED) is 0.719. The molecule has 2 aromatic rings. The Labute approximate surface area is 156 Å². The highest BCUT2D eigenvalue weighted by molar-refractivity contribution is 5.43. The van der Waals surface area contributed by atoms with Gasteiger partial charge in [0.1, 0.15) is 0 Å². The van der Waals surface area contributed by atoms with Crippen molar-refractivity contribution in [1.29, 1.82) is 0 Å². The van der Waals surface area contributed by atoms with Crippen LogP contribution in [0.2, 0.25) is 0 Å². The van der Waals surface area contributed by atoms with Gasteiger partial charge in [0.25, 0.3) is 0 Å². The number of rotatable bonds is 8. The van der Waals surface area contributed by atoms with Gasteiger partial charge in [0.05, 0.1) is 25.9 Å². The van der Waals surface area contributed by atoms with Crippen molar-refractivity contribution >= 4 is 0 Å². The zero-order valence-corrected chi connectivity index (χ0v) is 15.5. The predicted octanol–water partition coefficient (Wildman–Crippen LogP) is 4.15. The average molecular weight is 383 g/mol. The van der Waals surface area contributed by atoms with Crippen LogP contribution >= 0.6 is 0 Å². The second kappa shape index (κ2) is 9.10. The molecular weight excluding hydrogens is 359 g/mol. The largest absolute Gasteiger partial charge is 0.493 e. The number of halogens is 3. The van der Waals surface area contributed by atoms with Crippen LogP contribution in [0, 0.1) is 0 Å². The molecule has 0 radical (unpaired) electrons. The monoisotopic (exact) mass is 383 g/mol. The standard InChI is InChI=1S/C20H24F3NO3/c1-13(14-7-8-18(26-2)19(10-14)27-3)11-24-12-17(25)15-5-4-6-16(9-15)20(21,22)23/h4-10,13,17,24-25H,11-12H2,1-3H3/t13?,17-/m0/s1. The predicted molar refractivity (Wildman–Crippen MR) is 97.2 cm³/mol. The molecule has 27 heavy (non-hydrogen) atoms. The molecule has 4 nitrogen and oxygen atoms in total. The van der Waals surface area contributed by atoms with E-state index in [2.05, 4.69) is 5.32 Å². The zero-order chi connectivity index (χ0) is 20.0. The summed E-state index contributed by atoms with van der Waals surface area (Å²) < 4.78 is 48.8. The highest BCUT2D eigenvalue weighted by atomic mass is 19.4. The molecular formula is C20H24F3NO3. The van der Waals surface area contributed by atoms with Crippen molar-refractivity contribution < 1.29 is 27.8 Å². The molecule has 0 bridgehead atoms. The molecule has 0 spiro atoms. The highest BCUT2D eigenvalue weighted by Crippen LogP contribution is 2.31. The third-order valence-electron chi connectivity index (χ3n) is 4.36. The molecule has 0 aromatic heterocycles. The Bertz CT molecular complexity index is 749. The smallest absolute Gasteiger partial charge is 0.416 e. The maximum atomic E-state index is 12.8. The summed E-state index contributed by atoms with van der Waals surface area (Å²) in [4.78, 5) is 0.